The quantitative estimate of drug-likeness (QED) is 0.561. The van der Waals surface area contributed by atoms with E-state index in [2.05, 4.69) is 25.4 Å². The molecule has 0 amide bonds. The summed E-state index contributed by atoms with van der Waals surface area (Å²) >= 11 is 0. The molecule has 17 heavy (non-hydrogen) atoms. The van der Waals surface area contributed by atoms with Gasteiger partial charge in [0.2, 0.25) is 0 Å². The Morgan fingerprint density at radius 2 is 1.06 bits per heavy atom. The Hall–Kier alpha value is -1.73. The third kappa shape index (κ3) is 20.4. The van der Waals surface area contributed by atoms with Crippen LogP contribution >= 0.6 is 7.75 Å². The van der Waals surface area contributed by atoms with E-state index < -0.39 is 7.75 Å². The number of rotatable bonds is 0. The van der Waals surface area contributed by atoms with Crippen LogP contribution in [0.2, 0.25) is 0 Å². The molecule has 8 nitrogen and oxygen atoms in total. The summed E-state index contributed by atoms with van der Waals surface area (Å²) < 4.78 is 9.10. The molecule has 0 fully saturated rings. The summed E-state index contributed by atoms with van der Waals surface area (Å²) in [5, 5.41) is 0. The second-order valence-corrected chi connectivity index (χ2v) is 3.58. The maximum Gasteiger partial charge on any atom is 0.397 e. The van der Waals surface area contributed by atoms with Gasteiger partial charge < -0.3 is 9.79 Å². The first-order valence-corrected chi connectivity index (χ1v) is 5.92. The highest BCUT2D eigenvalue weighted by molar-refractivity contribution is 7.49. The van der Waals surface area contributed by atoms with E-state index in [0.717, 1.165) is 0 Å². The molecule has 0 atom stereocenters. The topological polar surface area (TPSA) is 135 Å². The van der Waals surface area contributed by atoms with Crippen molar-refractivity contribution in [3.63, 3.8) is 0 Å². The molecule has 0 unspecified atom stereocenters. The smallest absolute Gasteiger partial charge is 0.313 e. The zero-order valence-corrected chi connectivity index (χ0v) is 9.63. The number of hydrogen-bond acceptors (Lipinski definition) is 5. The molecule has 2 aromatic rings. The summed E-state index contributed by atoms with van der Waals surface area (Å²) in [6.07, 6.45) is 9.75. The fourth-order valence-corrected chi connectivity index (χ4v) is 0.507. The first kappa shape index (κ1) is 15.3. The van der Waals surface area contributed by atoms with Crippen molar-refractivity contribution in [2.45, 2.75) is 0 Å². The van der Waals surface area contributed by atoms with Crippen molar-refractivity contribution >= 4 is 7.75 Å². The number of nitrogens with two attached hydrogens (primary N) is 1. The first-order valence-electron chi connectivity index (χ1n) is 4.24. The predicted octanol–water partition coefficient (Wildman–Crippen LogP) is -0.00900. The second kappa shape index (κ2) is 9.49. The van der Waals surface area contributed by atoms with Crippen molar-refractivity contribution in [1.29, 1.82) is 0 Å². The normalized spacial score (nSPS) is 9.12. The molecule has 0 radical (unpaired) electrons. The molecule has 4 N–H and O–H groups in total. The van der Waals surface area contributed by atoms with E-state index in [1.807, 2.05) is 0 Å². The number of nitrogens with zero attached hydrogens (tertiary/aromatic N) is 4. The summed E-state index contributed by atoms with van der Waals surface area (Å²) in [5.74, 6) is 0. The molecule has 0 saturated heterocycles. The van der Waals surface area contributed by atoms with Crippen molar-refractivity contribution in [2.24, 2.45) is 5.50 Å². The molecule has 0 aliphatic rings. The largest absolute Gasteiger partial charge is 0.397 e. The average molecular weight is 257 g/mol. The Morgan fingerprint density at radius 1 is 0.824 bits per heavy atom. The average Bonchev–Trinajstić information content (AvgIpc) is 2.32. The van der Waals surface area contributed by atoms with Crippen LogP contribution in [0.1, 0.15) is 0 Å². The Bertz CT molecular complexity index is 317. The van der Waals surface area contributed by atoms with Gasteiger partial charge in [-0.2, -0.15) is 0 Å². The van der Waals surface area contributed by atoms with Gasteiger partial charge in [-0.3, -0.25) is 0 Å². The van der Waals surface area contributed by atoms with Gasteiger partial charge in [0.25, 0.3) is 0 Å². The van der Waals surface area contributed by atoms with Crippen LogP contribution in [0.25, 0.3) is 0 Å². The van der Waals surface area contributed by atoms with Crippen molar-refractivity contribution in [2.75, 3.05) is 0 Å². The maximum atomic E-state index is 9.10. The van der Waals surface area contributed by atoms with Crippen LogP contribution in [-0.2, 0) is 4.57 Å². The van der Waals surface area contributed by atoms with E-state index in [0.29, 0.717) is 0 Å². The fraction of sp³-hybridized carbons (Fsp3) is 0. The molecule has 0 bridgehead atoms. The van der Waals surface area contributed by atoms with Crippen LogP contribution in [0.4, 0.5) is 0 Å². The standard InChI is InChI=1S/2C4H4N2.H4NO3P/c2*1-2-5-4-6-3-1;1-5(2,3)4/h2*1-4H;(H4,1,2,3,4). The number of hydrogen-bond donors (Lipinski definition) is 3. The molecule has 2 aromatic heterocycles. The minimum atomic E-state index is -4.14. The Balaban J connectivity index is 0.000000228. The molecular formula is C8H12N5O3P. The SMILES string of the molecule is NP(=O)(O)O.c1cncnc1.c1cncnc1. The molecule has 92 valence electrons. The van der Waals surface area contributed by atoms with Crippen molar-refractivity contribution in [3.05, 3.63) is 49.6 Å². The molecule has 0 aliphatic carbocycles. The van der Waals surface area contributed by atoms with Gasteiger partial charge in [0.15, 0.2) is 0 Å². The minimum Gasteiger partial charge on any atom is -0.313 e. The van der Waals surface area contributed by atoms with Crippen molar-refractivity contribution in [1.82, 2.24) is 19.9 Å². The lowest BCUT2D eigenvalue weighted by Crippen LogP contribution is -1.87. The molecule has 9 heteroatoms. The van der Waals surface area contributed by atoms with E-state index in [4.69, 9.17) is 14.4 Å². The lowest BCUT2D eigenvalue weighted by Gasteiger charge is -1.84. The van der Waals surface area contributed by atoms with Crippen molar-refractivity contribution < 1.29 is 14.4 Å². The predicted molar refractivity (Wildman–Crippen MR) is 60.3 cm³/mol. The minimum absolute atomic E-state index is 1.50. The molecule has 2 rings (SSSR count). The molecule has 0 aromatic carbocycles. The molecule has 0 aliphatic heterocycles. The van der Waals surface area contributed by atoms with Gasteiger partial charge in [0.1, 0.15) is 12.7 Å². The van der Waals surface area contributed by atoms with E-state index >= 15 is 0 Å². The molecule has 0 spiro atoms. The first-order chi connectivity index (χ1) is 8.00. The summed E-state index contributed by atoms with van der Waals surface area (Å²) in [5.41, 5.74) is 4.02. The van der Waals surface area contributed by atoms with E-state index in [-0.39, 0.29) is 0 Å². The van der Waals surface area contributed by atoms with E-state index in [1.165, 1.54) is 12.7 Å². The summed E-state index contributed by atoms with van der Waals surface area (Å²) in [6, 6.07) is 3.56. The maximum absolute atomic E-state index is 9.10. The van der Waals surface area contributed by atoms with Gasteiger partial charge >= 0.3 is 7.75 Å². The van der Waals surface area contributed by atoms with Gasteiger partial charge in [0, 0.05) is 24.8 Å². The van der Waals surface area contributed by atoms with Crippen LogP contribution in [-0.4, -0.2) is 29.7 Å². The van der Waals surface area contributed by atoms with Crippen LogP contribution in [0.5, 0.6) is 0 Å². The Morgan fingerprint density at radius 3 is 1.12 bits per heavy atom. The Labute approximate surface area is 97.8 Å². The molecular weight excluding hydrogens is 245 g/mol. The number of aromatic nitrogens is 4. The third-order valence-corrected chi connectivity index (χ3v) is 0.955. The lowest BCUT2D eigenvalue weighted by molar-refractivity contribution is 0.374. The van der Waals surface area contributed by atoms with E-state index in [9.17, 15) is 0 Å². The zero-order chi connectivity index (χ0) is 13.0. The van der Waals surface area contributed by atoms with Crippen LogP contribution < -0.4 is 5.50 Å². The third-order valence-electron chi connectivity index (χ3n) is 0.955. The van der Waals surface area contributed by atoms with Gasteiger partial charge in [-0.1, -0.05) is 0 Å². The monoisotopic (exact) mass is 257 g/mol. The lowest BCUT2D eigenvalue weighted by atomic mass is 10.7. The zero-order valence-electron chi connectivity index (χ0n) is 8.73. The van der Waals surface area contributed by atoms with Crippen LogP contribution in [0.15, 0.2) is 49.6 Å². The van der Waals surface area contributed by atoms with Gasteiger partial charge in [0.05, 0.1) is 0 Å². The van der Waals surface area contributed by atoms with Gasteiger partial charge in [-0.15, -0.1) is 0 Å². The summed E-state index contributed by atoms with van der Waals surface area (Å²) in [6.45, 7) is 0. The van der Waals surface area contributed by atoms with Gasteiger partial charge in [-0.05, 0) is 12.1 Å². The highest BCUT2D eigenvalue weighted by Crippen LogP contribution is 2.20. The van der Waals surface area contributed by atoms with Crippen LogP contribution in [0, 0.1) is 0 Å². The highest BCUT2D eigenvalue weighted by Gasteiger charge is 1.96. The molecule has 2 heterocycles. The Kier molecular flexibility index (Phi) is 8.53. The summed E-state index contributed by atoms with van der Waals surface area (Å²) in [7, 11) is -4.14. The van der Waals surface area contributed by atoms with Gasteiger partial charge in [-0.25, -0.2) is 30.0 Å². The second-order valence-electron chi connectivity index (χ2n) is 2.40. The summed E-state index contributed by atoms with van der Waals surface area (Å²) in [4.78, 5) is 29.5. The fourth-order valence-electron chi connectivity index (χ4n) is 0.507. The van der Waals surface area contributed by atoms with E-state index in [1.54, 1.807) is 36.9 Å². The van der Waals surface area contributed by atoms with Crippen molar-refractivity contribution in [3.8, 4) is 0 Å². The highest BCUT2D eigenvalue weighted by atomic mass is 31.2. The van der Waals surface area contributed by atoms with Crippen LogP contribution in [0.3, 0.4) is 0 Å². The molecule has 0 saturated carbocycles.